The van der Waals surface area contributed by atoms with Crippen LogP contribution >= 0.6 is 23.2 Å². The Balaban J connectivity index is 1.57. The van der Waals surface area contributed by atoms with Crippen LogP contribution in [0.15, 0.2) is 66.9 Å². The molecule has 0 aliphatic carbocycles. The summed E-state index contributed by atoms with van der Waals surface area (Å²) >= 11 is 12.3. The summed E-state index contributed by atoms with van der Waals surface area (Å²) in [5.41, 5.74) is 0.719. The van der Waals surface area contributed by atoms with Crippen LogP contribution in [0, 0.1) is 11.3 Å². The van der Waals surface area contributed by atoms with Crippen molar-refractivity contribution in [1.29, 1.82) is 5.26 Å². The van der Waals surface area contributed by atoms with Crippen LogP contribution in [0.2, 0.25) is 10.0 Å². The van der Waals surface area contributed by atoms with Gasteiger partial charge in [0.05, 0.1) is 30.3 Å². The van der Waals surface area contributed by atoms with E-state index in [1.165, 1.54) is 23.1 Å². The van der Waals surface area contributed by atoms with E-state index in [1.807, 2.05) is 6.07 Å². The topological polar surface area (TPSA) is 97.6 Å². The average molecular weight is 534 g/mol. The fourth-order valence-electron chi connectivity index (χ4n) is 5.16. The number of imide groups is 1. The molecular weight excluding hydrogens is 513 g/mol. The first-order valence-corrected chi connectivity index (χ1v) is 12.3. The van der Waals surface area contributed by atoms with Crippen LogP contribution in [-0.4, -0.2) is 58.3 Å². The van der Waals surface area contributed by atoms with Crippen molar-refractivity contribution in [3.63, 3.8) is 0 Å². The van der Waals surface area contributed by atoms with Crippen LogP contribution < -0.4 is 4.90 Å². The number of nitrogens with zero attached hydrogens (tertiary/aromatic N) is 5. The largest absolute Gasteiger partial charge is 0.339 e. The summed E-state index contributed by atoms with van der Waals surface area (Å²) in [6.07, 6.45) is 1.69. The minimum Gasteiger partial charge on any atom is -0.339 e. The Morgan fingerprint density at radius 2 is 1.81 bits per heavy atom. The maximum Gasteiger partial charge on any atom is 0.332 e. The van der Waals surface area contributed by atoms with Gasteiger partial charge in [-0.05, 0) is 48.0 Å². The number of carbonyl (C=O) groups is 3. The van der Waals surface area contributed by atoms with Gasteiger partial charge in [-0.2, -0.15) is 5.26 Å². The molecule has 3 heterocycles. The van der Waals surface area contributed by atoms with Crippen LogP contribution in [0.5, 0.6) is 0 Å². The molecule has 2 atom stereocenters. The number of halogens is 2. The molecular formula is C27H21Cl2N5O3. The first-order chi connectivity index (χ1) is 17.7. The number of anilines is 1. The lowest BCUT2D eigenvalue weighted by atomic mass is 9.80. The highest BCUT2D eigenvalue weighted by Crippen LogP contribution is 2.46. The molecule has 0 saturated carbocycles. The lowest BCUT2D eigenvalue weighted by Crippen LogP contribution is -2.54. The zero-order valence-corrected chi connectivity index (χ0v) is 21.3. The molecule has 0 unspecified atom stereocenters. The number of carbonyl (C=O) groups excluding carboxylic acids is 3. The van der Waals surface area contributed by atoms with E-state index >= 15 is 0 Å². The normalized spacial score (nSPS) is 21.1. The Morgan fingerprint density at radius 3 is 2.43 bits per heavy atom. The molecule has 5 rings (SSSR count). The molecule has 0 bridgehead atoms. The number of pyridine rings is 1. The Hall–Kier alpha value is -3.93. The van der Waals surface area contributed by atoms with Crippen molar-refractivity contribution in [2.24, 2.45) is 0 Å². The monoisotopic (exact) mass is 533 g/mol. The summed E-state index contributed by atoms with van der Waals surface area (Å²) in [4.78, 5) is 49.4. The number of hydrogen-bond donors (Lipinski definition) is 0. The number of likely N-dealkylation sites (tertiary alicyclic amines) is 1. The van der Waals surface area contributed by atoms with Crippen molar-refractivity contribution < 1.29 is 14.4 Å². The number of rotatable bonds is 4. The summed E-state index contributed by atoms with van der Waals surface area (Å²) in [5, 5.41) is 9.81. The number of aromatic nitrogens is 1. The molecule has 1 aromatic heterocycles. The summed E-state index contributed by atoms with van der Waals surface area (Å²) in [6, 6.07) is 18.3. The molecule has 1 spiro atoms. The number of hydrogen-bond acceptors (Lipinski definition) is 5. The molecule has 2 fully saturated rings. The second-order valence-electron chi connectivity index (χ2n) is 9.09. The smallest absolute Gasteiger partial charge is 0.332 e. The number of likely N-dealkylation sites (N-methyl/N-ethyl adjacent to an activating group) is 1. The van der Waals surface area contributed by atoms with Crippen LogP contribution in [-0.2, 0) is 16.0 Å². The number of amides is 4. The van der Waals surface area contributed by atoms with Gasteiger partial charge in [0.2, 0.25) is 5.91 Å². The van der Waals surface area contributed by atoms with Gasteiger partial charge in [-0.1, -0.05) is 41.4 Å². The van der Waals surface area contributed by atoms with E-state index in [0.29, 0.717) is 11.3 Å². The lowest BCUT2D eigenvalue weighted by Gasteiger charge is -2.33. The molecule has 2 saturated heterocycles. The van der Waals surface area contributed by atoms with Gasteiger partial charge >= 0.3 is 6.03 Å². The second-order valence-corrected chi connectivity index (χ2v) is 9.97. The van der Waals surface area contributed by atoms with Gasteiger partial charge in [0.1, 0.15) is 5.54 Å². The zero-order valence-electron chi connectivity index (χ0n) is 19.8. The third-order valence-electron chi connectivity index (χ3n) is 7.02. The molecule has 0 N–H and O–H groups in total. The minimum absolute atomic E-state index is 0.00913. The number of urea groups is 1. The van der Waals surface area contributed by atoms with Crippen LogP contribution in [0.4, 0.5) is 10.5 Å². The Kier molecular flexibility index (Phi) is 6.36. The van der Waals surface area contributed by atoms with Crippen LogP contribution in [0.3, 0.4) is 0 Å². The van der Waals surface area contributed by atoms with Gasteiger partial charge in [-0.3, -0.25) is 14.6 Å². The third kappa shape index (κ3) is 4.20. The molecule has 3 aromatic rings. The van der Waals surface area contributed by atoms with Gasteiger partial charge in [-0.25, -0.2) is 9.69 Å². The fraction of sp³-hybridized carbons (Fsp3) is 0.222. The van der Waals surface area contributed by atoms with E-state index in [9.17, 15) is 19.6 Å². The molecule has 0 radical (unpaired) electrons. The van der Waals surface area contributed by atoms with Crippen molar-refractivity contribution in [2.45, 2.75) is 17.9 Å². The molecule has 186 valence electrons. The van der Waals surface area contributed by atoms with Crippen molar-refractivity contribution in [3.8, 4) is 6.07 Å². The van der Waals surface area contributed by atoms with Crippen LogP contribution in [0.25, 0.3) is 0 Å². The van der Waals surface area contributed by atoms with Gasteiger partial charge in [-0.15, -0.1) is 0 Å². The molecule has 8 nitrogen and oxygen atoms in total. The zero-order chi connectivity index (χ0) is 26.3. The summed E-state index contributed by atoms with van der Waals surface area (Å²) < 4.78 is 0. The summed E-state index contributed by atoms with van der Waals surface area (Å²) in [7, 11) is 1.57. The van der Waals surface area contributed by atoms with Gasteiger partial charge in [0.25, 0.3) is 5.91 Å². The average Bonchev–Trinajstić information content (AvgIpc) is 3.37. The highest BCUT2D eigenvalue weighted by molar-refractivity contribution is 6.35. The Bertz CT molecular complexity index is 1420. The maximum absolute atomic E-state index is 14.2. The van der Waals surface area contributed by atoms with Crippen molar-refractivity contribution in [3.05, 3.63) is 93.7 Å². The predicted molar refractivity (Wildman–Crippen MR) is 138 cm³/mol. The molecule has 2 aliphatic heterocycles. The highest BCUT2D eigenvalue weighted by Gasteiger charge is 2.65. The summed E-state index contributed by atoms with van der Waals surface area (Å²) in [5.74, 6) is -1.21. The molecule has 2 aromatic carbocycles. The van der Waals surface area contributed by atoms with E-state index in [0.717, 1.165) is 10.5 Å². The first-order valence-electron chi connectivity index (χ1n) is 11.5. The number of benzene rings is 2. The molecule has 10 heteroatoms. The Morgan fingerprint density at radius 1 is 1.11 bits per heavy atom. The van der Waals surface area contributed by atoms with Crippen molar-refractivity contribution in [2.75, 3.05) is 25.0 Å². The van der Waals surface area contributed by atoms with Gasteiger partial charge < -0.3 is 9.80 Å². The molecule has 4 amide bonds. The SMILES string of the molecule is CN1C(=O)N(c2cc(Cl)cc(Cl)c2)C(=O)[C@]12CN(C(=O)Cc1ccccn1)C[C@H]2c1ccc(C#N)cc1. The highest BCUT2D eigenvalue weighted by atomic mass is 35.5. The number of nitriles is 1. The molecule has 37 heavy (non-hydrogen) atoms. The maximum atomic E-state index is 14.2. The summed E-state index contributed by atoms with van der Waals surface area (Å²) in [6.45, 7) is 0.222. The Labute approximate surface area is 223 Å². The second kappa shape index (κ2) is 9.51. The first kappa shape index (κ1) is 24.8. The van der Waals surface area contributed by atoms with Crippen LogP contribution in [0.1, 0.15) is 22.7 Å². The third-order valence-corrected chi connectivity index (χ3v) is 7.46. The van der Waals surface area contributed by atoms with Gasteiger partial charge in [0.15, 0.2) is 0 Å². The van der Waals surface area contributed by atoms with Crippen molar-refractivity contribution in [1.82, 2.24) is 14.8 Å². The standard InChI is InChI=1S/C27H21Cl2N5O3/c1-32-26(37)34(22-11-19(28)10-20(29)12-22)25(36)27(32)16-33(24(35)13-21-4-2-3-9-31-21)15-23(27)18-7-5-17(14-30)6-8-18/h2-12,23H,13,15-16H2,1H3/t23-,27+/m0/s1. The predicted octanol–water partition coefficient (Wildman–Crippen LogP) is 4.27. The van der Waals surface area contributed by atoms with Crippen molar-refractivity contribution >= 4 is 46.7 Å². The van der Waals surface area contributed by atoms with Gasteiger partial charge in [0, 0.05) is 41.4 Å². The van der Waals surface area contributed by atoms with E-state index in [-0.39, 0.29) is 41.2 Å². The lowest BCUT2D eigenvalue weighted by molar-refractivity contribution is -0.130. The fourth-order valence-corrected chi connectivity index (χ4v) is 5.68. The van der Waals surface area contributed by atoms with E-state index in [1.54, 1.807) is 54.5 Å². The van der Waals surface area contributed by atoms with E-state index < -0.39 is 23.4 Å². The molecule has 2 aliphatic rings. The minimum atomic E-state index is -1.36. The quantitative estimate of drug-likeness (QED) is 0.466. The van der Waals surface area contributed by atoms with E-state index in [4.69, 9.17) is 23.2 Å². The van der Waals surface area contributed by atoms with E-state index in [2.05, 4.69) is 11.1 Å².